The van der Waals surface area contributed by atoms with Crippen molar-refractivity contribution in [3.63, 3.8) is 0 Å². The molecule has 0 spiro atoms. The van der Waals surface area contributed by atoms with Crippen LogP contribution in [0.3, 0.4) is 0 Å². The van der Waals surface area contributed by atoms with E-state index in [2.05, 4.69) is 37.9 Å². The Hall–Kier alpha value is -3.30. The van der Waals surface area contributed by atoms with Gasteiger partial charge in [0.15, 0.2) is 4.80 Å². The Bertz CT molecular complexity index is 1430. The van der Waals surface area contributed by atoms with Crippen molar-refractivity contribution in [2.24, 2.45) is 4.99 Å². The topological polar surface area (TPSA) is 98.0 Å². The summed E-state index contributed by atoms with van der Waals surface area (Å²) in [5.41, 5.74) is 2.84. The molecule has 1 aliphatic heterocycles. The lowest BCUT2D eigenvalue weighted by atomic mass is 9.85. The van der Waals surface area contributed by atoms with Gasteiger partial charge in [-0.2, -0.15) is 0 Å². The molecule has 3 heterocycles. The van der Waals surface area contributed by atoms with Crippen molar-refractivity contribution in [3.05, 3.63) is 88.7 Å². The number of carboxylic acid groups (broad SMARTS) is 1. The summed E-state index contributed by atoms with van der Waals surface area (Å²) >= 11 is 2.91. The maximum absolute atomic E-state index is 13.4. The molecule has 1 aliphatic rings. The monoisotopic (exact) mass is 512 g/mol. The first kappa shape index (κ1) is 26.3. The van der Waals surface area contributed by atoms with Crippen LogP contribution in [0.2, 0.25) is 0 Å². The number of fused-ring (bicyclic) bond motifs is 1. The Morgan fingerprint density at radius 2 is 1.80 bits per heavy atom. The van der Waals surface area contributed by atoms with Gasteiger partial charge < -0.3 is 9.84 Å². The second-order valence-electron chi connectivity index (χ2n) is 8.98. The molecule has 35 heavy (non-hydrogen) atoms. The molecule has 3 aromatic rings. The predicted octanol–water partition coefficient (Wildman–Crippen LogP) is 3.86. The van der Waals surface area contributed by atoms with Gasteiger partial charge in [0, 0.05) is 11.8 Å². The van der Waals surface area contributed by atoms with Gasteiger partial charge >= 0.3 is 5.97 Å². The minimum absolute atomic E-state index is 0.00454. The Labute approximate surface area is 211 Å². The number of thiophene rings is 1. The molecule has 9 heteroatoms. The first-order valence-electron chi connectivity index (χ1n) is 10.9. The molecule has 0 fully saturated rings. The van der Waals surface area contributed by atoms with Gasteiger partial charge in [-0.3, -0.25) is 14.2 Å². The zero-order valence-corrected chi connectivity index (χ0v) is 22.1. The van der Waals surface area contributed by atoms with Crippen LogP contribution in [0.15, 0.2) is 62.8 Å². The molecular weight excluding hydrogens is 484 g/mol. The zero-order chi connectivity index (χ0) is 25.9. The lowest BCUT2D eigenvalue weighted by Crippen LogP contribution is -2.39. The number of rotatable bonds is 3. The Kier molecular flexibility index (Phi) is 7.92. The van der Waals surface area contributed by atoms with Gasteiger partial charge in [-0.1, -0.05) is 62.4 Å². The summed E-state index contributed by atoms with van der Waals surface area (Å²) < 4.78 is 7.28. The molecule has 1 atom stereocenters. The quantitative estimate of drug-likeness (QED) is 0.538. The number of methoxy groups -OCH3 is 1. The van der Waals surface area contributed by atoms with E-state index in [9.17, 15) is 9.59 Å². The number of esters is 1. The highest BCUT2D eigenvalue weighted by atomic mass is 32.1. The number of carboxylic acids is 1. The zero-order valence-electron chi connectivity index (χ0n) is 20.5. The number of carbonyl (C=O) groups is 2. The van der Waals surface area contributed by atoms with Crippen LogP contribution in [0.5, 0.6) is 0 Å². The Morgan fingerprint density at radius 3 is 2.31 bits per heavy atom. The summed E-state index contributed by atoms with van der Waals surface area (Å²) in [5, 5.41) is 9.39. The molecule has 1 aromatic carbocycles. The van der Waals surface area contributed by atoms with Crippen molar-refractivity contribution in [3.8, 4) is 0 Å². The molecular formula is C26H28N2O5S2. The molecule has 1 N–H and O–H groups in total. The first-order chi connectivity index (χ1) is 16.4. The van der Waals surface area contributed by atoms with E-state index in [1.807, 2.05) is 35.7 Å². The summed E-state index contributed by atoms with van der Waals surface area (Å²) in [6, 6.07) is 11.4. The van der Waals surface area contributed by atoms with E-state index in [-0.39, 0.29) is 11.0 Å². The molecule has 184 valence electrons. The molecule has 2 aromatic heterocycles. The fourth-order valence-corrected chi connectivity index (χ4v) is 5.45. The van der Waals surface area contributed by atoms with Crippen molar-refractivity contribution in [1.82, 2.24) is 4.57 Å². The highest BCUT2D eigenvalue weighted by Gasteiger charge is 2.33. The first-order valence-corrected chi connectivity index (χ1v) is 12.6. The molecule has 0 aliphatic carbocycles. The van der Waals surface area contributed by atoms with Crippen LogP contribution in [0, 0.1) is 0 Å². The minimum atomic E-state index is -0.833. The number of ether oxygens (including phenoxy) is 1. The van der Waals surface area contributed by atoms with Gasteiger partial charge in [0.05, 0.1) is 29.0 Å². The molecule has 0 saturated heterocycles. The third kappa shape index (κ3) is 5.86. The summed E-state index contributed by atoms with van der Waals surface area (Å²) in [6.07, 6.45) is 1.88. The van der Waals surface area contributed by atoms with Crippen molar-refractivity contribution in [1.29, 1.82) is 0 Å². The lowest BCUT2D eigenvalue weighted by Gasteiger charge is -2.25. The van der Waals surface area contributed by atoms with E-state index in [4.69, 9.17) is 14.6 Å². The van der Waals surface area contributed by atoms with Gasteiger partial charge in [-0.25, -0.2) is 9.79 Å². The van der Waals surface area contributed by atoms with E-state index in [0.717, 1.165) is 17.4 Å². The summed E-state index contributed by atoms with van der Waals surface area (Å²) in [4.78, 5) is 41.3. The van der Waals surface area contributed by atoms with E-state index < -0.39 is 18.0 Å². The molecule has 0 radical (unpaired) electrons. The number of hydrogen-bond acceptors (Lipinski definition) is 7. The smallest absolute Gasteiger partial charge is 0.338 e. The van der Waals surface area contributed by atoms with E-state index in [1.165, 1.54) is 24.0 Å². The number of nitrogens with zero attached hydrogens (tertiary/aromatic N) is 2. The van der Waals surface area contributed by atoms with E-state index in [0.29, 0.717) is 20.6 Å². The van der Waals surface area contributed by atoms with Crippen LogP contribution in [-0.2, 0) is 19.7 Å². The molecule has 0 saturated carbocycles. The normalized spacial score (nSPS) is 15.6. The Balaban J connectivity index is 0.000000795. The van der Waals surface area contributed by atoms with Crippen molar-refractivity contribution in [2.75, 3.05) is 7.11 Å². The van der Waals surface area contributed by atoms with Crippen LogP contribution >= 0.6 is 22.7 Å². The number of hydrogen-bond donors (Lipinski definition) is 1. The molecule has 7 nitrogen and oxygen atoms in total. The average Bonchev–Trinajstić information content (AvgIpc) is 3.40. The summed E-state index contributed by atoms with van der Waals surface area (Å²) in [6.45, 7) is 9.33. The highest BCUT2D eigenvalue weighted by molar-refractivity contribution is 7.11. The number of benzene rings is 1. The summed E-state index contributed by atoms with van der Waals surface area (Å²) in [7, 11) is 1.35. The fourth-order valence-electron chi connectivity index (χ4n) is 3.68. The van der Waals surface area contributed by atoms with E-state index in [1.54, 1.807) is 22.8 Å². The fraction of sp³-hybridized carbons (Fsp3) is 0.308. The lowest BCUT2D eigenvalue weighted by molar-refractivity contribution is -0.137. The van der Waals surface area contributed by atoms with Crippen molar-refractivity contribution < 1.29 is 19.4 Å². The second kappa shape index (κ2) is 10.5. The maximum Gasteiger partial charge on any atom is 0.338 e. The van der Waals surface area contributed by atoms with Crippen LogP contribution < -0.4 is 14.9 Å². The second-order valence-corrected chi connectivity index (χ2v) is 11.0. The van der Waals surface area contributed by atoms with Gasteiger partial charge in [-0.15, -0.1) is 11.3 Å². The molecule has 0 bridgehead atoms. The van der Waals surface area contributed by atoms with Gasteiger partial charge in [0.1, 0.15) is 0 Å². The van der Waals surface area contributed by atoms with Crippen LogP contribution in [-0.4, -0.2) is 28.7 Å². The minimum Gasteiger partial charge on any atom is -0.481 e. The number of carbonyl (C=O) groups excluding carboxylic acids is 1. The van der Waals surface area contributed by atoms with Gasteiger partial charge in [-0.05, 0) is 41.0 Å². The SMILES string of the molecule is CC(=O)O.COC(=O)C1=C(C)N=c2s/c(=C/c3cccs3)c(=O)n2C1c1ccc(C(C)(C)C)cc1. The van der Waals surface area contributed by atoms with Crippen LogP contribution in [0.1, 0.15) is 56.7 Å². The predicted molar refractivity (Wildman–Crippen MR) is 139 cm³/mol. The van der Waals surface area contributed by atoms with Gasteiger partial charge in [0.2, 0.25) is 0 Å². The molecule has 0 amide bonds. The van der Waals surface area contributed by atoms with Crippen LogP contribution in [0.4, 0.5) is 0 Å². The van der Waals surface area contributed by atoms with Crippen LogP contribution in [0.25, 0.3) is 6.08 Å². The number of thiazole rings is 1. The average molecular weight is 513 g/mol. The number of allylic oxidation sites excluding steroid dienone is 1. The largest absolute Gasteiger partial charge is 0.481 e. The summed E-state index contributed by atoms with van der Waals surface area (Å²) in [5.74, 6) is -1.31. The van der Waals surface area contributed by atoms with Gasteiger partial charge in [0.25, 0.3) is 11.5 Å². The number of aromatic nitrogens is 1. The van der Waals surface area contributed by atoms with Crippen molar-refractivity contribution >= 4 is 40.7 Å². The number of aliphatic carboxylic acids is 1. The third-order valence-electron chi connectivity index (χ3n) is 5.34. The molecule has 4 rings (SSSR count). The molecule has 1 unspecified atom stereocenters. The van der Waals surface area contributed by atoms with E-state index >= 15 is 0 Å². The highest BCUT2D eigenvalue weighted by Crippen LogP contribution is 2.32. The Morgan fingerprint density at radius 1 is 1.17 bits per heavy atom. The third-order valence-corrected chi connectivity index (χ3v) is 7.14. The standard InChI is InChI=1S/C24H24N2O3S2.C2H4O2/c1-14-19(22(28)29-5)20(15-8-10-16(11-9-15)24(2,3)4)26-21(27)18(31-23(26)25-14)13-17-7-6-12-30-17;1-2(3)4/h6-13,20H,1-5H3;1H3,(H,3,4)/b18-13+;. The van der Waals surface area contributed by atoms with Crippen molar-refractivity contribution in [2.45, 2.75) is 46.1 Å². The maximum atomic E-state index is 13.4.